The number of rotatable bonds is 5. The summed E-state index contributed by atoms with van der Waals surface area (Å²) in [6.07, 6.45) is 1.60. The van der Waals surface area contributed by atoms with E-state index in [2.05, 4.69) is 18.1 Å². The monoisotopic (exact) mass is 352 g/mol. The number of thiol groups is 1. The number of thioether (sulfide) groups is 1. The van der Waals surface area contributed by atoms with Crippen molar-refractivity contribution in [3.05, 3.63) is 35.9 Å². The van der Waals surface area contributed by atoms with Crippen molar-refractivity contribution in [3.8, 4) is 0 Å². The van der Waals surface area contributed by atoms with Gasteiger partial charge in [-0.15, -0.1) is 0 Å². The van der Waals surface area contributed by atoms with Crippen molar-refractivity contribution < 1.29 is 14.4 Å². The number of imide groups is 1. The highest BCUT2D eigenvalue weighted by Crippen LogP contribution is 2.19. The highest BCUT2D eigenvalue weighted by atomic mass is 32.2. The molecule has 1 fully saturated rings. The van der Waals surface area contributed by atoms with Crippen LogP contribution < -0.4 is 5.32 Å². The van der Waals surface area contributed by atoms with Crippen molar-refractivity contribution in [2.24, 2.45) is 5.92 Å². The van der Waals surface area contributed by atoms with E-state index in [1.807, 2.05) is 6.07 Å². The molecule has 1 aliphatic rings. The normalized spacial score (nSPS) is 19.3. The van der Waals surface area contributed by atoms with Gasteiger partial charge in [-0.05, 0) is 12.8 Å². The third kappa shape index (κ3) is 5.09. The van der Waals surface area contributed by atoms with E-state index in [4.69, 9.17) is 0 Å². The first-order valence-electron chi connectivity index (χ1n) is 7.51. The first-order chi connectivity index (χ1) is 11.0. The molecule has 0 saturated carbocycles. The van der Waals surface area contributed by atoms with Crippen molar-refractivity contribution in [1.82, 2.24) is 9.62 Å². The number of hydrogen-bond donors (Lipinski definition) is 2. The van der Waals surface area contributed by atoms with Crippen LogP contribution in [0.5, 0.6) is 0 Å². The van der Waals surface area contributed by atoms with Gasteiger partial charge < -0.3 is 0 Å². The predicted octanol–water partition coefficient (Wildman–Crippen LogP) is 2.15. The second-order valence-electron chi connectivity index (χ2n) is 5.54. The van der Waals surface area contributed by atoms with E-state index in [0.717, 1.165) is 24.7 Å². The van der Waals surface area contributed by atoms with Crippen LogP contribution in [0.3, 0.4) is 0 Å². The van der Waals surface area contributed by atoms with Crippen LogP contribution in [0.2, 0.25) is 0 Å². The van der Waals surface area contributed by atoms with Crippen LogP contribution in [0.25, 0.3) is 0 Å². The topological polar surface area (TPSA) is 66.5 Å². The molecule has 0 spiro atoms. The Kier molecular flexibility index (Phi) is 6.68. The fourth-order valence-corrected chi connectivity index (χ4v) is 3.50. The van der Waals surface area contributed by atoms with Gasteiger partial charge in [0.05, 0.1) is 6.04 Å². The van der Waals surface area contributed by atoms with Crippen molar-refractivity contribution in [3.63, 3.8) is 0 Å². The molecule has 5 nitrogen and oxygen atoms in total. The van der Waals surface area contributed by atoms with E-state index in [1.165, 1.54) is 0 Å². The zero-order valence-corrected chi connectivity index (χ0v) is 14.6. The standard InChI is InChI=1S/C16H20N2O3S2/c1-11(10-23-16(21)12-6-3-2-4-7-12)14(19)17-15(20)13-8-5-9-18(13)22/h2-4,6-7,11,13,22H,5,8-10H2,1H3,(H,17,19,20)/t11?,13-/m0/s1. The number of benzene rings is 1. The highest BCUT2D eigenvalue weighted by Gasteiger charge is 2.30. The van der Waals surface area contributed by atoms with Crippen LogP contribution >= 0.6 is 24.6 Å². The molecule has 1 unspecified atom stereocenters. The molecule has 1 N–H and O–H groups in total. The number of nitrogens with one attached hydrogen (secondary N) is 1. The maximum atomic E-state index is 12.1. The molecule has 0 bridgehead atoms. The molecule has 1 aromatic carbocycles. The summed E-state index contributed by atoms with van der Waals surface area (Å²) in [5.41, 5.74) is 0.609. The molecular weight excluding hydrogens is 332 g/mol. The predicted molar refractivity (Wildman–Crippen MR) is 94.3 cm³/mol. The summed E-state index contributed by atoms with van der Waals surface area (Å²) in [4.78, 5) is 36.1. The van der Waals surface area contributed by atoms with Gasteiger partial charge in [0, 0.05) is 23.8 Å². The Hall–Kier alpha value is -1.31. The molecular formula is C16H20N2O3S2. The van der Waals surface area contributed by atoms with Gasteiger partial charge in [-0.1, -0.05) is 61.8 Å². The minimum atomic E-state index is -0.425. The van der Waals surface area contributed by atoms with Gasteiger partial charge in [0.2, 0.25) is 16.9 Å². The lowest BCUT2D eigenvalue weighted by atomic mass is 10.1. The highest BCUT2D eigenvalue weighted by molar-refractivity contribution is 8.14. The number of amides is 2. The van der Waals surface area contributed by atoms with Gasteiger partial charge in [-0.2, -0.15) is 0 Å². The lowest BCUT2D eigenvalue weighted by molar-refractivity contribution is -0.133. The molecule has 124 valence electrons. The van der Waals surface area contributed by atoms with Crippen molar-refractivity contribution in [1.29, 1.82) is 0 Å². The van der Waals surface area contributed by atoms with Gasteiger partial charge in [-0.25, -0.2) is 4.31 Å². The molecule has 2 atom stereocenters. The summed E-state index contributed by atoms with van der Waals surface area (Å²) in [7, 11) is 0. The van der Waals surface area contributed by atoms with Crippen LogP contribution in [0.4, 0.5) is 0 Å². The van der Waals surface area contributed by atoms with E-state index in [9.17, 15) is 14.4 Å². The molecule has 1 aliphatic heterocycles. The number of carbonyl (C=O) groups is 3. The molecule has 1 saturated heterocycles. The van der Waals surface area contributed by atoms with Crippen molar-refractivity contribution >= 4 is 41.5 Å². The Bertz CT molecular complexity index is 580. The van der Waals surface area contributed by atoms with E-state index < -0.39 is 5.92 Å². The maximum absolute atomic E-state index is 12.1. The van der Waals surface area contributed by atoms with Crippen LogP contribution in [-0.2, 0) is 9.59 Å². The van der Waals surface area contributed by atoms with Gasteiger partial charge in [0.25, 0.3) is 0 Å². The average molecular weight is 352 g/mol. The number of carbonyl (C=O) groups excluding carboxylic acids is 3. The zero-order chi connectivity index (χ0) is 16.8. The van der Waals surface area contributed by atoms with Crippen LogP contribution in [0.1, 0.15) is 30.1 Å². The summed E-state index contributed by atoms with van der Waals surface area (Å²) in [6.45, 7) is 2.45. The molecule has 7 heteroatoms. The first-order valence-corrected chi connectivity index (χ1v) is 8.90. The lowest BCUT2D eigenvalue weighted by Gasteiger charge is -2.18. The Morgan fingerprint density at radius 3 is 2.65 bits per heavy atom. The molecule has 2 rings (SSSR count). The Labute approximate surface area is 145 Å². The van der Waals surface area contributed by atoms with Crippen molar-refractivity contribution in [2.75, 3.05) is 12.3 Å². The number of nitrogens with zero attached hydrogens (tertiary/aromatic N) is 1. The van der Waals surface area contributed by atoms with E-state index in [1.54, 1.807) is 35.5 Å². The molecule has 1 heterocycles. The SMILES string of the molecule is CC(CSC(=O)c1ccccc1)C(=O)NC(=O)[C@@H]1CCCN1S. The summed E-state index contributed by atoms with van der Waals surface area (Å²) >= 11 is 5.31. The Balaban J connectivity index is 1.78. The summed E-state index contributed by atoms with van der Waals surface area (Å²) in [5, 5.41) is 2.35. The second-order valence-corrected chi connectivity index (χ2v) is 7.05. The first kappa shape index (κ1) is 18.0. The number of hydrogen-bond acceptors (Lipinski definition) is 6. The van der Waals surface area contributed by atoms with Crippen LogP contribution in [-0.4, -0.2) is 39.6 Å². The quantitative estimate of drug-likeness (QED) is 0.795. The molecule has 0 aromatic heterocycles. The Morgan fingerprint density at radius 1 is 1.35 bits per heavy atom. The minimum absolute atomic E-state index is 0.0751. The van der Waals surface area contributed by atoms with Gasteiger partial charge in [0.1, 0.15) is 0 Å². The largest absolute Gasteiger partial charge is 0.295 e. The molecule has 0 aliphatic carbocycles. The fourth-order valence-electron chi connectivity index (χ4n) is 2.28. The zero-order valence-electron chi connectivity index (χ0n) is 12.9. The van der Waals surface area contributed by atoms with Crippen molar-refractivity contribution in [2.45, 2.75) is 25.8 Å². The summed E-state index contributed by atoms with van der Waals surface area (Å²) in [5.74, 6) is -0.751. The van der Waals surface area contributed by atoms with E-state index in [-0.39, 0.29) is 23.0 Å². The average Bonchev–Trinajstić information content (AvgIpc) is 2.99. The Morgan fingerprint density at radius 2 is 2.04 bits per heavy atom. The molecule has 23 heavy (non-hydrogen) atoms. The second kappa shape index (κ2) is 8.52. The van der Waals surface area contributed by atoms with Gasteiger partial charge in [-0.3, -0.25) is 19.7 Å². The summed E-state index contributed by atoms with van der Waals surface area (Å²) in [6, 6.07) is 8.57. The minimum Gasteiger partial charge on any atom is -0.295 e. The van der Waals surface area contributed by atoms with Crippen LogP contribution in [0.15, 0.2) is 30.3 Å². The smallest absolute Gasteiger partial charge is 0.244 e. The third-order valence-electron chi connectivity index (χ3n) is 3.70. The third-order valence-corrected chi connectivity index (χ3v) is 5.34. The van der Waals surface area contributed by atoms with Gasteiger partial charge in [0.15, 0.2) is 0 Å². The lowest BCUT2D eigenvalue weighted by Crippen LogP contribution is -2.44. The van der Waals surface area contributed by atoms with E-state index in [0.29, 0.717) is 17.7 Å². The van der Waals surface area contributed by atoms with E-state index >= 15 is 0 Å². The molecule has 0 radical (unpaired) electrons. The molecule has 1 aromatic rings. The van der Waals surface area contributed by atoms with Gasteiger partial charge >= 0.3 is 0 Å². The fraction of sp³-hybridized carbons (Fsp3) is 0.438. The maximum Gasteiger partial charge on any atom is 0.244 e. The molecule has 2 amide bonds. The summed E-state index contributed by atoms with van der Waals surface area (Å²) < 4.78 is 1.65. The van der Waals surface area contributed by atoms with Crippen LogP contribution in [0, 0.1) is 5.92 Å².